The van der Waals surface area contributed by atoms with Crippen molar-refractivity contribution < 1.29 is 9.90 Å². The normalized spacial score (nSPS) is 15.8. The molecular formula is C28H32N4O2. The lowest BCUT2D eigenvalue weighted by Gasteiger charge is -2.35. The zero-order valence-corrected chi connectivity index (χ0v) is 19.8. The van der Waals surface area contributed by atoms with Crippen molar-refractivity contribution in [2.45, 2.75) is 64.6 Å². The van der Waals surface area contributed by atoms with Gasteiger partial charge in [0.2, 0.25) is 0 Å². The van der Waals surface area contributed by atoms with Gasteiger partial charge in [-0.05, 0) is 56.0 Å². The minimum absolute atomic E-state index is 0.0707. The predicted octanol–water partition coefficient (Wildman–Crippen LogP) is 5.74. The molecule has 0 aliphatic heterocycles. The van der Waals surface area contributed by atoms with Crippen LogP contribution in [0.5, 0.6) is 0 Å². The summed E-state index contributed by atoms with van der Waals surface area (Å²) in [6, 6.07) is 14.8. The third-order valence-electron chi connectivity index (χ3n) is 7.03. The molecule has 5 rings (SSSR count). The second-order valence-electron chi connectivity index (χ2n) is 9.32. The van der Waals surface area contributed by atoms with E-state index < -0.39 is 5.97 Å². The number of para-hydroxylation sites is 1. The molecule has 3 heterocycles. The van der Waals surface area contributed by atoms with E-state index >= 15 is 0 Å². The van der Waals surface area contributed by atoms with Crippen molar-refractivity contribution in [3.8, 4) is 0 Å². The van der Waals surface area contributed by atoms with Crippen molar-refractivity contribution in [1.82, 2.24) is 19.4 Å². The number of aryl methyl sites for hydroxylation is 1. The van der Waals surface area contributed by atoms with Crippen LogP contribution >= 0.6 is 0 Å². The molecule has 0 bridgehead atoms. The van der Waals surface area contributed by atoms with Crippen molar-refractivity contribution in [1.29, 1.82) is 0 Å². The fourth-order valence-corrected chi connectivity index (χ4v) is 5.44. The first-order chi connectivity index (χ1) is 16.7. The lowest BCUT2D eigenvalue weighted by atomic mass is 9.90. The highest BCUT2D eigenvalue weighted by Crippen LogP contribution is 2.35. The fraction of sp³-hybridized carbons (Fsp3) is 0.393. The Morgan fingerprint density at radius 1 is 1.12 bits per heavy atom. The predicted molar refractivity (Wildman–Crippen MR) is 135 cm³/mol. The maximum absolute atomic E-state index is 11.5. The number of rotatable bonds is 9. The molecular weight excluding hydrogens is 424 g/mol. The van der Waals surface area contributed by atoms with Gasteiger partial charge in [-0.1, -0.05) is 44.0 Å². The van der Waals surface area contributed by atoms with Gasteiger partial charge in [-0.3, -0.25) is 19.7 Å². The van der Waals surface area contributed by atoms with Crippen LogP contribution in [0.2, 0.25) is 0 Å². The number of benzene rings is 1. The Labute approximate surface area is 200 Å². The highest BCUT2D eigenvalue weighted by molar-refractivity contribution is 6.08. The first kappa shape index (κ1) is 22.5. The summed E-state index contributed by atoms with van der Waals surface area (Å²) < 4.78 is 1.85. The van der Waals surface area contributed by atoms with Crippen LogP contribution in [0.4, 0.5) is 0 Å². The molecule has 6 heteroatoms. The Balaban J connectivity index is 1.51. The van der Waals surface area contributed by atoms with Gasteiger partial charge in [-0.15, -0.1) is 0 Å². The molecule has 3 aromatic heterocycles. The first-order valence-corrected chi connectivity index (χ1v) is 12.4. The standard InChI is InChI=1S/C28H32N4O2/c1-2-3-6-15-31(25-13-7-9-20-10-8-14-29-28(20)25)18-21-16-23-22-11-4-5-12-24(22)32(19-27(33)34)26(23)17-30-21/h4-5,8,10-12,14,16-17,25H,2-3,6-7,9,13,15,18-19H2,1H3,(H,33,34)/t25-/m1/s1. The molecule has 0 amide bonds. The molecule has 0 radical (unpaired) electrons. The summed E-state index contributed by atoms with van der Waals surface area (Å²) in [7, 11) is 0. The number of aromatic nitrogens is 3. The number of carboxylic acid groups (broad SMARTS) is 1. The van der Waals surface area contributed by atoms with E-state index in [9.17, 15) is 9.90 Å². The second kappa shape index (κ2) is 9.94. The van der Waals surface area contributed by atoms with Crippen LogP contribution in [-0.2, 0) is 24.3 Å². The maximum atomic E-state index is 11.5. The Morgan fingerprint density at radius 2 is 2.00 bits per heavy atom. The summed E-state index contributed by atoms with van der Waals surface area (Å²) in [4.78, 5) is 23.7. The van der Waals surface area contributed by atoms with Crippen LogP contribution in [0.15, 0.2) is 54.9 Å². The van der Waals surface area contributed by atoms with E-state index in [1.54, 1.807) is 0 Å². The highest BCUT2D eigenvalue weighted by Gasteiger charge is 2.27. The average Bonchev–Trinajstić information content (AvgIpc) is 3.16. The van der Waals surface area contributed by atoms with E-state index in [0.29, 0.717) is 6.04 Å². The Hall–Kier alpha value is -3.25. The van der Waals surface area contributed by atoms with Crippen LogP contribution < -0.4 is 0 Å². The van der Waals surface area contributed by atoms with E-state index in [1.807, 2.05) is 41.2 Å². The van der Waals surface area contributed by atoms with Gasteiger partial charge in [0.05, 0.1) is 29.1 Å². The number of hydrogen-bond acceptors (Lipinski definition) is 4. The van der Waals surface area contributed by atoms with E-state index in [2.05, 4.69) is 30.0 Å². The smallest absolute Gasteiger partial charge is 0.323 e. The summed E-state index contributed by atoms with van der Waals surface area (Å²) in [5, 5.41) is 11.6. The van der Waals surface area contributed by atoms with Crippen molar-refractivity contribution in [3.63, 3.8) is 0 Å². The van der Waals surface area contributed by atoms with Gasteiger partial charge >= 0.3 is 5.97 Å². The zero-order valence-electron chi connectivity index (χ0n) is 19.8. The third kappa shape index (κ3) is 4.42. The monoisotopic (exact) mass is 456 g/mol. The van der Waals surface area contributed by atoms with Gasteiger partial charge in [0.25, 0.3) is 0 Å². The van der Waals surface area contributed by atoms with Gasteiger partial charge in [0.1, 0.15) is 6.54 Å². The van der Waals surface area contributed by atoms with Crippen LogP contribution in [-0.4, -0.2) is 37.1 Å². The zero-order chi connectivity index (χ0) is 23.5. The molecule has 0 fully saturated rings. The average molecular weight is 457 g/mol. The minimum atomic E-state index is -0.850. The summed E-state index contributed by atoms with van der Waals surface area (Å²) >= 11 is 0. The molecule has 0 unspecified atom stereocenters. The number of carbonyl (C=O) groups is 1. The number of unbranched alkanes of at least 4 members (excludes halogenated alkanes) is 2. The molecule has 4 aromatic rings. The Bertz CT molecular complexity index is 1310. The van der Waals surface area contributed by atoms with Gasteiger partial charge in [0.15, 0.2) is 0 Å². The van der Waals surface area contributed by atoms with E-state index in [1.165, 1.54) is 30.5 Å². The van der Waals surface area contributed by atoms with Gasteiger partial charge in [-0.25, -0.2) is 0 Å². The van der Waals surface area contributed by atoms with Gasteiger partial charge in [0, 0.05) is 29.0 Å². The molecule has 1 N–H and O–H groups in total. The lowest BCUT2D eigenvalue weighted by molar-refractivity contribution is -0.137. The number of hydrogen-bond donors (Lipinski definition) is 1. The largest absolute Gasteiger partial charge is 0.480 e. The molecule has 1 aliphatic carbocycles. The van der Waals surface area contributed by atoms with Gasteiger partial charge < -0.3 is 9.67 Å². The number of nitrogens with zero attached hydrogens (tertiary/aromatic N) is 4. The molecule has 0 saturated carbocycles. The first-order valence-electron chi connectivity index (χ1n) is 12.4. The van der Waals surface area contributed by atoms with E-state index in [0.717, 1.165) is 59.9 Å². The SMILES string of the molecule is CCCCCN(Cc1cc2c3ccccc3n(CC(=O)O)c2cn1)[C@@H]1CCCc2cccnc21. The number of carboxylic acids is 1. The van der Waals surface area contributed by atoms with Crippen LogP contribution in [0, 0.1) is 0 Å². The molecule has 1 aliphatic rings. The molecule has 34 heavy (non-hydrogen) atoms. The molecule has 176 valence electrons. The second-order valence-corrected chi connectivity index (χ2v) is 9.32. The number of fused-ring (bicyclic) bond motifs is 4. The van der Waals surface area contributed by atoms with Crippen molar-refractivity contribution >= 4 is 27.8 Å². The fourth-order valence-electron chi connectivity index (χ4n) is 5.44. The molecule has 1 atom stereocenters. The van der Waals surface area contributed by atoms with Crippen LogP contribution in [0.3, 0.4) is 0 Å². The van der Waals surface area contributed by atoms with Crippen molar-refractivity contribution in [2.24, 2.45) is 0 Å². The summed E-state index contributed by atoms with van der Waals surface area (Å²) in [5.74, 6) is -0.850. The highest BCUT2D eigenvalue weighted by atomic mass is 16.4. The summed E-state index contributed by atoms with van der Waals surface area (Å²) in [6.45, 7) is 3.96. The van der Waals surface area contributed by atoms with E-state index in [-0.39, 0.29) is 6.54 Å². The molecule has 6 nitrogen and oxygen atoms in total. The molecule has 0 saturated heterocycles. The Kier molecular flexibility index (Phi) is 6.59. The van der Waals surface area contributed by atoms with E-state index in [4.69, 9.17) is 9.97 Å². The molecule has 1 aromatic carbocycles. The Morgan fingerprint density at radius 3 is 2.85 bits per heavy atom. The van der Waals surface area contributed by atoms with Gasteiger partial charge in [-0.2, -0.15) is 0 Å². The quantitative estimate of drug-likeness (QED) is 0.325. The topological polar surface area (TPSA) is 71.2 Å². The van der Waals surface area contributed by atoms with Crippen LogP contribution in [0.25, 0.3) is 21.8 Å². The summed E-state index contributed by atoms with van der Waals surface area (Å²) in [6.07, 6.45) is 10.8. The molecule has 0 spiro atoms. The van der Waals surface area contributed by atoms with Crippen molar-refractivity contribution in [3.05, 3.63) is 71.8 Å². The summed E-state index contributed by atoms with van der Waals surface area (Å²) in [5.41, 5.74) is 5.42. The minimum Gasteiger partial charge on any atom is -0.480 e. The lowest BCUT2D eigenvalue weighted by Crippen LogP contribution is -2.33. The number of aliphatic carboxylic acids is 1. The van der Waals surface area contributed by atoms with Crippen molar-refractivity contribution in [2.75, 3.05) is 6.54 Å². The van der Waals surface area contributed by atoms with Crippen LogP contribution in [0.1, 0.15) is 62.0 Å². The maximum Gasteiger partial charge on any atom is 0.323 e. The number of pyridine rings is 2. The third-order valence-corrected chi connectivity index (χ3v) is 7.03.